The molecule has 1 heterocycles. The van der Waals surface area contributed by atoms with Crippen LogP contribution in [0.25, 0.3) is 0 Å². The number of nitrogens with zero attached hydrogens (tertiary/aromatic N) is 1. The summed E-state index contributed by atoms with van der Waals surface area (Å²) in [6.07, 6.45) is 5.95. The zero-order chi connectivity index (χ0) is 13.4. The van der Waals surface area contributed by atoms with E-state index in [0.717, 1.165) is 24.2 Å². The fraction of sp³-hybridized carbons (Fsp3) is 0.643. The average Bonchev–Trinajstić information content (AvgIpc) is 2.40. The van der Waals surface area contributed by atoms with Gasteiger partial charge in [-0.15, -0.1) is 0 Å². The van der Waals surface area contributed by atoms with Crippen molar-refractivity contribution in [2.75, 3.05) is 20.8 Å². The van der Waals surface area contributed by atoms with Crippen molar-refractivity contribution >= 4 is 0 Å². The molecule has 18 heavy (non-hydrogen) atoms. The van der Waals surface area contributed by atoms with E-state index in [2.05, 4.69) is 23.3 Å². The lowest BCUT2D eigenvalue weighted by molar-refractivity contribution is 0.106. The van der Waals surface area contributed by atoms with Crippen LogP contribution in [-0.4, -0.2) is 31.9 Å². The third-order valence-electron chi connectivity index (χ3n) is 3.06. The van der Waals surface area contributed by atoms with Crippen molar-refractivity contribution in [1.29, 1.82) is 0 Å². The number of methoxy groups -OCH3 is 1. The molecule has 0 aliphatic heterocycles. The minimum Gasteiger partial charge on any atom is -0.492 e. The Kier molecular flexibility index (Phi) is 6.68. The van der Waals surface area contributed by atoms with E-state index in [4.69, 9.17) is 9.47 Å². The van der Waals surface area contributed by atoms with Crippen LogP contribution < -0.4 is 10.1 Å². The standard InChI is InChI=1S/C14H24N2O2/c1-5-18-13-8-12(9-16-10-13)14(15-3)7-6-11(2)17-4/h8-11,14-15H,5-7H2,1-4H3. The van der Waals surface area contributed by atoms with Gasteiger partial charge >= 0.3 is 0 Å². The molecule has 0 saturated heterocycles. The van der Waals surface area contributed by atoms with Gasteiger partial charge in [-0.05, 0) is 45.4 Å². The molecule has 0 fully saturated rings. The second kappa shape index (κ2) is 8.06. The van der Waals surface area contributed by atoms with Gasteiger partial charge in [-0.2, -0.15) is 0 Å². The topological polar surface area (TPSA) is 43.4 Å². The monoisotopic (exact) mass is 252 g/mol. The van der Waals surface area contributed by atoms with Gasteiger partial charge < -0.3 is 14.8 Å². The normalized spacial score (nSPS) is 14.2. The summed E-state index contributed by atoms with van der Waals surface area (Å²) in [5.74, 6) is 0.829. The average molecular weight is 252 g/mol. The van der Waals surface area contributed by atoms with E-state index >= 15 is 0 Å². The van der Waals surface area contributed by atoms with E-state index in [1.165, 1.54) is 0 Å². The molecule has 4 nitrogen and oxygen atoms in total. The van der Waals surface area contributed by atoms with Gasteiger partial charge in [0.2, 0.25) is 0 Å². The molecule has 1 rings (SSSR count). The van der Waals surface area contributed by atoms with Crippen LogP contribution in [0.3, 0.4) is 0 Å². The summed E-state index contributed by atoms with van der Waals surface area (Å²) in [4.78, 5) is 4.22. The summed E-state index contributed by atoms with van der Waals surface area (Å²) in [5.41, 5.74) is 1.16. The van der Waals surface area contributed by atoms with Crippen LogP contribution in [0, 0.1) is 0 Å². The van der Waals surface area contributed by atoms with Crippen LogP contribution in [0.2, 0.25) is 0 Å². The maximum atomic E-state index is 5.47. The summed E-state index contributed by atoms with van der Waals surface area (Å²) in [5, 5.41) is 3.32. The second-order valence-electron chi connectivity index (χ2n) is 4.35. The Morgan fingerprint density at radius 1 is 1.33 bits per heavy atom. The zero-order valence-corrected chi connectivity index (χ0v) is 11.8. The molecule has 0 radical (unpaired) electrons. The first-order valence-electron chi connectivity index (χ1n) is 6.49. The predicted molar refractivity (Wildman–Crippen MR) is 72.9 cm³/mol. The third kappa shape index (κ3) is 4.63. The third-order valence-corrected chi connectivity index (χ3v) is 3.06. The Hall–Kier alpha value is -1.13. The Morgan fingerprint density at radius 2 is 2.11 bits per heavy atom. The summed E-state index contributed by atoms with van der Waals surface area (Å²) >= 11 is 0. The second-order valence-corrected chi connectivity index (χ2v) is 4.35. The number of aromatic nitrogens is 1. The molecule has 2 unspecified atom stereocenters. The fourth-order valence-corrected chi connectivity index (χ4v) is 1.87. The molecule has 1 aromatic rings. The molecule has 4 heteroatoms. The Balaban J connectivity index is 2.66. The first kappa shape index (κ1) is 14.9. The lowest BCUT2D eigenvalue weighted by atomic mass is 10.0. The minimum absolute atomic E-state index is 0.281. The van der Waals surface area contributed by atoms with Crippen molar-refractivity contribution in [2.45, 2.75) is 38.8 Å². The van der Waals surface area contributed by atoms with Gasteiger partial charge in [0.15, 0.2) is 0 Å². The van der Waals surface area contributed by atoms with Crippen molar-refractivity contribution in [3.8, 4) is 5.75 Å². The molecule has 2 atom stereocenters. The van der Waals surface area contributed by atoms with Crippen molar-refractivity contribution in [3.63, 3.8) is 0 Å². The lowest BCUT2D eigenvalue weighted by Gasteiger charge is -2.19. The van der Waals surface area contributed by atoms with Gasteiger partial charge in [0.25, 0.3) is 0 Å². The number of rotatable bonds is 8. The Labute approximate surface area is 110 Å². The molecule has 0 spiro atoms. The Bertz CT molecular complexity index is 344. The minimum atomic E-state index is 0.281. The molecule has 102 valence electrons. The molecule has 0 aromatic carbocycles. The smallest absolute Gasteiger partial charge is 0.137 e. The maximum Gasteiger partial charge on any atom is 0.137 e. The highest BCUT2D eigenvalue weighted by molar-refractivity contribution is 5.26. The van der Waals surface area contributed by atoms with Crippen LogP contribution in [0.5, 0.6) is 5.75 Å². The molecule has 1 N–H and O–H groups in total. The van der Waals surface area contributed by atoms with Crippen molar-refractivity contribution in [2.24, 2.45) is 0 Å². The van der Waals surface area contributed by atoms with Crippen LogP contribution >= 0.6 is 0 Å². The number of pyridine rings is 1. The Morgan fingerprint density at radius 3 is 2.72 bits per heavy atom. The number of ether oxygens (including phenoxy) is 2. The van der Waals surface area contributed by atoms with Crippen molar-refractivity contribution in [3.05, 3.63) is 24.0 Å². The summed E-state index contributed by atoms with van der Waals surface area (Å²) in [7, 11) is 3.71. The van der Waals surface area contributed by atoms with Gasteiger partial charge in [0, 0.05) is 19.3 Å². The van der Waals surface area contributed by atoms with Crippen LogP contribution in [0.4, 0.5) is 0 Å². The van der Waals surface area contributed by atoms with E-state index in [1.54, 1.807) is 13.3 Å². The van der Waals surface area contributed by atoms with Crippen LogP contribution in [-0.2, 0) is 4.74 Å². The van der Waals surface area contributed by atoms with E-state index in [9.17, 15) is 0 Å². The van der Waals surface area contributed by atoms with Crippen molar-refractivity contribution < 1.29 is 9.47 Å². The number of nitrogens with one attached hydrogen (secondary N) is 1. The van der Waals surface area contributed by atoms with Crippen LogP contribution in [0.1, 0.15) is 38.3 Å². The van der Waals surface area contributed by atoms with E-state index in [1.807, 2.05) is 20.2 Å². The highest BCUT2D eigenvalue weighted by Gasteiger charge is 2.12. The summed E-state index contributed by atoms with van der Waals surface area (Å²) < 4.78 is 10.7. The van der Waals surface area contributed by atoms with E-state index < -0.39 is 0 Å². The van der Waals surface area contributed by atoms with Gasteiger partial charge in [0.1, 0.15) is 5.75 Å². The molecule has 0 aliphatic rings. The summed E-state index contributed by atoms with van der Waals surface area (Å²) in [6.45, 7) is 4.72. The fourth-order valence-electron chi connectivity index (χ4n) is 1.87. The molecule has 0 amide bonds. The van der Waals surface area contributed by atoms with Gasteiger partial charge in [0.05, 0.1) is 18.9 Å². The predicted octanol–water partition coefficient (Wildman–Crippen LogP) is 2.56. The van der Waals surface area contributed by atoms with Gasteiger partial charge in [-0.25, -0.2) is 0 Å². The van der Waals surface area contributed by atoms with E-state index in [0.29, 0.717) is 6.61 Å². The zero-order valence-electron chi connectivity index (χ0n) is 11.8. The number of hydrogen-bond donors (Lipinski definition) is 1. The molecule has 0 bridgehead atoms. The molecule has 0 aliphatic carbocycles. The van der Waals surface area contributed by atoms with Gasteiger partial charge in [-0.1, -0.05) is 0 Å². The molecular formula is C14H24N2O2. The number of hydrogen-bond acceptors (Lipinski definition) is 4. The highest BCUT2D eigenvalue weighted by atomic mass is 16.5. The lowest BCUT2D eigenvalue weighted by Crippen LogP contribution is -2.19. The molecule has 1 aromatic heterocycles. The van der Waals surface area contributed by atoms with Gasteiger partial charge in [-0.3, -0.25) is 4.98 Å². The quantitative estimate of drug-likeness (QED) is 0.772. The largest absolute Gasteiger partial charge is 0.492 e. The highest BCUT2D eigenvalue weighted by Crippen LogP contribution is 2.22. The van der Waals surface area contributed by atoms with E-state index in [-0.39, 0.29) is 12.1 Å². The van der Waals surface area contributed by atoms with Crippen molar-refractivity contribution in [1.82, 2.24) is 10.3 Å². The SMILES string of the molecule is CCOc1cncc(C(CCC(C)OC)NC)c1. The maximum absolute atomic E-state index is 5.47. The molecule has 0 saturated carbocycles. The van der Waals surface area contributed by atoms with Crippen LogP contribution in [0.15, 0.2) is 18.5 Å². The first-order chi connectivity index (χ1) is 8.71. The molecular weight excluding hydrogens is 228 g/mol. The first-order valence-corrected chi connectivity index (χ1v) is 6.49. The summed E-state index contributed by atoms with van der Waals surface area (Å²) in [6, 6.07) is 2.34.